The van der Waals surface area contributed by atoms with Crippen LogP contribution in [0.25, 0.3) is 0 Å². The molecule has 1 atom stereocenters. The molecule has 1 saturated heterocycles. The number of nitrogens with zero attached hydrogens (tertiary/aromatic N) is 4. The van der Waals surface area contributed by atoms with Crippen molar-refractivity contribution < 1.29 is 13.2 Å². The molecule has 4 rings (SSSR count). The molecule has 0 bridgehead atoms. The predicted octanol–water partition coefficient (Wildman–Crippen LogP) is 2.01. The van der Waals surface area contributed by atoms with E-state index in [-0.39, 0.29) is 17.6 Å². The van der Waals surface area contributed by atoms with E-state index >= 15 is 0 Å². The van der Waals surface area contributed by atoms with E-state index in [1.807, 2.05) is 12.1 Å². The standard InChI is InChI=1S/C20H27N5O3S/c1-2-29(27,28)25-11-9-16(10-12-25)20(26)22-18-6-3-15(4-7-18)17-5-8-19-23-21-14-24(19)13-17/h3-4,6-7,14,16-17H,2,5,8-13H2,1H3,(H,22,26)/t17-/m0/s1. The van der Waals surface area contributed by atoms with Crippen molar-refractivity contribution in [3.8, 4) is 0 Å². The number of piperidine rings is 1. The number of hydrogen-bond acceptors (Lipinski definition) is 5. The molecule has 1 aromatic carbocycles. The minimum Gasteiger partial charge on any atom is -0.326 e. The molecule has 2 aliphatic rings. The summed E-state index contributed by atoms with van der Waals surface area (Å²) >= 11 is 0. The second-order valence-electron chi connectivity index (χ2n) is 7.82. The lowest BCUT2D eigenvalue weighted by Gasteiger charge is -2.30. The van der Waals surface area contributed by atoms with Crippen molar-refractivity contribution in [3.05, 3.63) is 42.0 Å². The highest BCUT2D eigenvalue weighted by molar-refractivity contribution is 7.89. The van der Waals surface area contributed by atoms with Gasteiger partial charge in [0.2, 0.25) is 15.9 Å². The first-order valence-electron chi connectivity index (χ1n) is 10.2. The maximum Gasteiger partial charge on any atom is 0.227 e. The molecule has 29 heavy (non-hydrogen) atoms. The van der Waals surface area contributed by atoms with Gasteiger partial charge in [-0.05, 0) is 43.9 Å². The highest BCUT2D eigenvalue weighted by atomic mass is 32.2. The third-order valence-corrected chi connectivity index (χ3v) is 7.94. The average molecular weight is 418 g/mol. The van der Waals surface area contributed by atoms with E-state index in [2.05, 4.69) is 32.2 Å². The van der Waals surface area contributed by atoms with E-state index in [1.165, 1.54) is 9.87 Å². The van der Waals surface area contributed by atoms with E-state index in [9.17, 15) is 13.2 Å². The van der Waals surface area contributed by atoms with Crippen LogP contribution in [0.5, 0.6) is 0 Å². The maximum atomic E-state index is 12.6. The highest BCUT2D eigenvalue weighted by Gasteiger charge is 2.30. The summed E-state index contributed by atoms with van der Waals surface area (Å²) in [6, 6.07) is 8.05. The summed E-state index contributed by atoms with van der Waals surface area (Å²) in [5, 5.41) is 11.1. The maximum absolute atomic E-state index is 12.6. The van der Waals surface area contributed by atoms with Crippen molar-refractivity contribution in [1.29, 1.82) is 0 Å². The molecule has 0 radical (unpaired) electrons. The summed E-state index contributed by atoms with van der Waals surface area (Å²) in [5.74, 6) is 1.40. The molecule has 1 N–H and O–H groups in total. The van der Waals surface area contributed by atoms with Gasteiger partial charge in [0.1, 0.15) is 12.2 Å². The topological polar surface area (TPSA) is 97.2 Å². The molecule has 3 heterocycles. The average Bonchev–Trinajstić information content (AvgIpc) is 3.22. The van der Waals surface area contributed by atoms with E-state index in [1.54, 1.807) is 13.3 Å². The Morgan fingerprint density at radius 3 is 2.59 bits per heavy atom. The van der Waals surface area contributed by atoms with Crippen molar-refractivity contribution in [2.24, 2.45) is 5.92 Å². The number of nitrogens with one attached hydrogen (secondary N) is 1. The monoisotopic (exact) mass is 417 g/mol. The Labute approximate surface area is 171 Å². The SMILES string of the molecule is CCS(=O)(=O)N1CCC(C(=O)Nc2ccc([C@H]3CCc4nncn4C3)cc2)CC1. The van der Waals surface area contributed by atoms with E-state index in [4.69, 9.17) is 0 Å². The third-order valence-electron chi connectivity index (χ3n) is 6.06. The highest BCUT2D eigenvalue weighted by Crippen LogP contribution is 2.29. The number of anilines is 1. The van der Waals surface area contributed by atoms with Gasteiger partial charge < -0.3 is 9.88 Å². The molecule has 1 amide bonds. The first kappa shape index (κ1) is 20.0. The summed E-state index contributed by atoms with van der Waals surface area (Å²) in [4.78, 5) is 12.6. The van der Waals surface area contributed by atoms with Gasteiger partial charge in [0.05, 0.1) is 5.75 Å². The van der Waals surface area contributed by atoms with E-state index in [0.29, 0.717) is 31.8 Å². The fourth-order valence-corrected chi connectivity index (χ4v) is 5.32. The molecular formula is C20H27N5O3S. The Kier molecular flexibility index (Phi) is 5.69. The van der Waals surface area contributed by atoms with Gasteiger partial charge >= 0.3 is 0 Å². The molecule has 156 valence electrons. The Hall–Kier alpha value is -2.26. The van der Waals surface area contributed by atoms with Crippen LogP contribution in [0, 0.1) is 5.92 Å². The molecule has 2 aromatic rings. The fraction of sp³-hybridized carbons (Fsp3) is 0.550. The van der Waals surface area contributed by atoms with Crippen molar-refractivity contribution in [2.75, 3.05) is 24.2 Å². The lowest BCUT2D eigenvalue weighted by Crippen LogP contribution is -2.42. The number of carbonyl (C=O) groups excluding carboxylic acids is 1. The second kappa shape index (κ2) is 8.23. The zero-order chi connectivity index (χ0) is 20.4. The minimum absolute atomic E-state index is 0.0295. The van der Waals surface area contributed by atoms with Crippen molar-refractivity contribution in [2.45, 2.75) is 45.1 Å². The number of hydrogen-bond donors (Lipinski definition) is 1. The normalized spacial score (nSPS) is 20.9. The van der Waals surface area contributed by atoms with Gasteiger partial charge in [0.25, 0.3) is 0 Å². The Morgan fingerprint density at radius 2 is 1.90 bits per heavy atom. The zero-order valence-corrected chi connectivity index (χ0v) is 17.4. The summed E-state index contributed by atoms with van der Waals surface area (Å²) in [6.07, 6.45) is 4.88. The molecule has 0 saturated carbocycles. The summed E-state index contributed by atoms with van der Waals surface area (Å²) in [6.45, 7) is 3.36. The van der Waals surface area contributed by atoms with Gasteiger partial charge in [-0.1, -0.05) is 12.1 Å². The molecular weight excluding hydrogens is 390 g/mol. The lowest BCUT2D eigenvalue weighted by atomic mass is 9.91. The van der Waals surface area contributed by atoms with Crippen LogP contribution in [0.1, 0.15) is 43.5 Å². The van der Waals surface area contributed by atoms with Gasteiger partial charge in [0, 0.05) is 43.6 Å². The second-order valence-corrected chi connectivity index (χ2v) is 10.1. The lowest BCUT2D eigenvalue weighted by molar-refractivity contribution is -0.120. The Balaban J connectivity index is 1.32. The molecule has 0 unspecified atom stereocenters. The van der Waals surface area contributed by atoms with Crippen LogP contribution in [0.4, 0.5) is 5.69 Å². The van der Waals surface area contributed by atoms with Crippen LogP contribution < -0.4 is 5.32 Å². The number of sulfonamides is 1. The van der Waals surface area contributed by atoms with Gasteiger partial charge in [-0.3, -0.25) is 4.79 Å². The van der Waals surface area contributed by atoms with E-state index < -0.39 is 10.0 Å². The first-order valence-corrected chi connectivity index (χ1v) is 11.8. The van der Waals surface area contributed by atoms with Crippen LogP contribution in [0.3, 0.4) is 0 Å². The molecule has 1 fully saturated rings. The fourth-order valence-electron chi connectivity index (χ4n) is 4.19. The number of carbonyl (C=O) groups is 1. The van der Waals surface area contributed by atoms with Crippen molar-refractivity contribution in [1.82, 2.24) is 19.1 Å². The molecule has 1 aromatic heterocycles. The quantitative estimate of drug-likeness (QED) is 0.803. The number of rotatable bonds is 5. The van der Waals surface area contributed by atoms with Gasteiger partial charge in [-0.15, -0.1) is 10.2 Å². The van der Waals surface area contributed by atoms with Crippen LogP contribution in [0.2, 0.25) is 0 Å². The molecule has 2 aliphatic heterocycles. The van der Waals surface area contributed by atoms with Crippen molar-refractivity contribution >= 4 is 21.6 Å². The Morgan fingerprint density at radius 1 is 1.17 bits per heavy atom. The van der Waals surface area contributed by atoms with Crippen LogP contribution in [-0.2, 0) is 27.8 Å². The number of fused-ring (bicyclic) bond motifs is 1. The van der Waals surface area contributed by atoms with Gasteiger partial charge in [-0.2, -0.15) is 0 Å². The largest absolute Gasteiger partial charge is 0.326 e. The third kappa shape index (κ3) is 4.35. The molecule has 0 aliphatic carbocycles. The number of aromatic nitrogens is 3. The number of aryl methyl sites for hydroxylation is 1. The number of benzene rings is 1. The zero-order valence-electron chi connectivity index (χ0n) is 16.6. The summed E-state index contributed by atoms with van der Waals surface area (Å²) in [5.41, 5.74) is 2.03. The van der Waals surface area contributed by atoms with Gasteiger partial charge in [0.15, 0.2) is 0 Å². The molecule has 0 spiro atoms. The predicted molar refractivity (Wildman–Crippen MR) is 110 cm³/mol. The van der Waals surface area contributed by atoms with Crippen LogP contribution >= 0.6 is 0 Å². The van der Waals surface area contributed by atoms with E-state index in [0.717, 1.165) is 30.9 Å². The molecule has 9 heteroatoms. The summed E-state index contributed by atoms with van der Waals surface area (Å²) < 4.78 is 27.5. The summed E-state index contributed by atoms with van der Waals surface area (Å²) in [7, 11) is -3.17. The minimum atomic E-state index is -3.17. The molecule has 8 nitrogen and oxygen atoms in total. The Bertz CT molecular complexity index is 962. The smallest absolute Gasteiger partial charge is 0.227 e. The van der Waals surface area contributed by atoms with Crippen molar-refractivity contribution in [3.63, 3.8) is 0 Å². The number of amides is 1. The van der Waals surface area contributed by atoms with Crippen LogP contribution in [-0.4, -0.2) is 52.2 Å². The van der Waals surface area contributed by atoms with Gasteiger partial charge in [-0.25, -0.2) is 12.7 Å². The first-order chi connectivity index (χ1) is 14.0. The van der Waals surface area contributed by atoms with Crippen LogP contribution in [0.15, 0.2) is 30.6 Å².